The third-order valence-electron chi connectivity index (χ3n) is 5.63. The van der Waals surface area contributed by atoms with Crippen molar-refractivity contribution in [3.05, 3.63) is 47.0 Å². The maximum Gasteiger partial charge on any atom is 0.162 e. The first-order chi connectivity index (χ1) is 12.5. The zero-order valence-electron chi connectivity index (χ0n) is 16.9. The molecule has 1 aliphatic heterocycles. The van der Waals surface area contributed by atoms with Crippen LogP contribution in [0.1, 0.15) is 50.7 Å². The number of hydrogen-bond acceptors (Lipinski definition) is 3. The topological polar surface area (TPSA) is 29.5 Å². The maximum atomic E-state index is 12.8. The second kappa shape index (κ2) is 10.4. The van der Waals surface area contributed by atoms with E-state index in [1.165, 1.54) is 11.1 Å². The highest BCUT2D eigenvalue weighted by Crippen LogP contribution is 2.31. The highest BCUT2D eigenvalue weighted by atomic mass is 35.5. The normalized spacial score (nSPS) is 23.6. The van der Waals surface area contributed by atoms with Crippen LogP contribution in [0.2, 0.25) is 0 Å². The minimum Gasteiger partial charge on any atom is -0.379 e. The third-order valence-corrected chi connectivity index (χ3v) is 5.63. The molecule has 4 heteroatoms. The zero-order valence-corrected chi connectivity index (χ0v) is 17.8. The molecule has 1 saturated heterocycles. The fourth-order valence-electron chi connectivity index (χ4n) is 4.11. The molecule has 0 bridgehead atoms. The van der Waals surface area contributed by atoms with Gasteiger partial charge in [-0.15, -0.1) is 12.4 Å². The van der Waals surface area contributed by atoms with E-state index in [-0.39, 0.29) is 18.3 Å². The van der Waals surface area contributed by atoms with Crippen molar-refractivity contribution in [2.45, 2.75) is 46.0 Å². The van der Waals surface area contributed by atoms with Crippen LogP contribution in [0.3, 0.4) is 0 Å². The van der Waals surface area contributed by atoms with E-state index < -0.39 is 0 Å². The Hall–Kier alpha value is -1.16. The second-order valence-corrected chi connectivity index (χ2v) is 8.33. The first-order valence-corrected chi connectivity index (χ1v) is 10.2. The van der Waals surface area contributed by atoms with E-state index in [0.717, 1.165) is 57.7 Å². The standard InChI is InChI=1S/C23H33NO2.ClH/c1-17(2)14-19-4-6-20(7-5-19)18(3)15-21-8-9-22(23(21)25)16-24-10-12-26-13-11-24;/h4-7,15,17-18,22H,8-14,16H2,1-3H3;1H/b21-15-;. The second-order valence-electron chi connectivity index (χ2n) is 8.33. The van der Waals surface area contributed by atoms with Crippen LogP contribution >= 0.6 is 12.4 Å². The Balaban J connectivity index is 0.00000261. The number of carbonyl (C=O) groups excluding carboxylic acids is 1. The molecule has 1 aliphatic carbocycles. The van der Waals surface area contributed by atoms with Crippen molar-refractivity contribution in [1.29, 1.82) is 0 Å². The lowest BCUT2D eigenvalue weighted by Gasteiger charge is -2.28. The number of halogens is 1. The molecular weight excluding hydrogens is 358 g/mol. The summed E-state index contributed by atoms with van der Waals surface area (Å²) in [5.41, 5.74) is 3.74. The maximum absolute atomic E-state index is 12.8. The lowest BCUT2D eigenvalue weighted by atomic mass is 9.94. The van der Waals surface area contributed by atoms with Gasteiger partial charge in [-0.05, 0) is 47.8 Å². The summed E-state index contributed by atoms with van der Waals surface area (Å²) in [4.78, 5) is 15.2. The Bertz CT molecular complexity index is 632. The van der Waals surface area contributed by atoms with E-state index >= 15 is 0 Å². The van der Waals surface area contributed by atoms with E-state index in [0.29, 0.717) is 17.6 Å². The van der Waals surface area contributed by atoms with Crippen molar-refractivity contribution in [1.82, 2.24) is 4.90 Å². The van der Waals surface area contributed by atoms with Crippen molar-refractivity contribution >= 4 is 18.2 Å². The number of carbonyl (C=O) groups is 1. The highest BCUT2D eigenvalue weighted by Gasteiger charge is 2.31. The molecule has 150 valence electrons. The number of Topliss-reactive ketones (excluding diaryl/α,β-unsaturated/α-hetero) is 1. The molecule has 0 aromatic heterocycles. The Morgan fingerprint density at radius 3 is 2.44 bits per heavy atom. The van der Waals surface area contributed by atoms with E-state index in [1.54, 1.807) is 0 Å². The number of benzene rings is 1. The first kappa shape index (κ1) is 22.1. The predicted molar refractivity (Wildman–Crippen MR) is 114 cm³/mol. The van der Waals surface area contributed by atoms with Gasteiger partial charge < -0.3 is 4.74 Å². The van der Waals surface area contributed by atoms with Crippen LogP contribution < -0.4 is 0 Å². The van der Waals surface area contributed by atoms with Crippen molar-refractivity contribution < 1.29 is 9.53 Å². The number of nitrogens with zero attached hydrogens (tertiary/aromatic N) is 1. The van der Waals surface area contributed by atoms with Gasteiger partial charge in [-0.1, -0.05) is 51.1 Å². The average molecular weight is 392 g/mol. The van der Waals surface area contributed by atoms with Gasteiger partial charge in [0, 0.05) is 25.6 Å². The number of allylic oxidation sites excluding steroid dienone is 2. The minimum absolute atomic E-state index is 0. The summed E-state index contributed by atoms with van der Waals surface area (Å²) in [6, 6.07) is 8.93. The molecule has 2 atom stereocenters. The van der Waals surface area contributed by atoms with Crippen LogP contribution in [-0.2, 0) is 16.0 Å². The Kier molecular flexibility index (Phi) is 8.53. The lowest BCUT2D eigenvalue weighted by molar-refractivity contribution is -0.118. The van der Waals surface area contributed by atoms with Crippen LogP contribution in [0.25, 0.3) is 0 Å². The molecule has 2 aliphatic rings. The van der Waals surface area contributed by atoms with Gasteiger partial charge >= 0.3 is 0 Å². The van der Waals surface area contributed by atoms with Gasteiger partial charge in [0.15, 0.2) is 5.78 Å². The molecule has 0 amide bonds. The van der Waals surface area contributed by atoms with Gasteiger partial charge in [0.1, 0.15) is 0 Å². The van der Waals surface area contributed by atoms with E-state index in [2.05, 4.69) is 56.0 Å². The number of ether oxygens (including phenoxy) is 1. The molecule has 0 radical (unpaired) electrons. The number of ketones is 1. The summed E-state index contributed by atoms with van der Waals surface area (Å²) in [7, 11) is 0. The van der Waals surface area contributed by atoms with E-state index in [4.69, 9.17) is 4.74 Å². The SMILES string of the molecule is CC(C)Cc1ccc(C(C)/C=C2/CCC(CN3CCOCC3)C2=O)cc1.Cl. The summed E-state index contributed by atoms with van der Waals surface area (Å²) < 4.78 is 5.41. The van der Waals surface area contributed by atoms with Crippen molar-refractivity contribution in [3.8, 4) is 0 Å². The van der Waals surface area contributed by atoms with Gasteiger partial charge in [0.05, 0.1) is 13.2 Å². The van der Waals surface area contributed by atoms with Crippen LogP contribution in [0, 0.1) is 11.8 Å². The van der Waals surface area contributed by atoms with Gasteiger partial charge in [0.2, 0.25) is 0 Å². The largest absolute Gasteiger partial charge is 0.379 e. The van der Waals surface area contributed by atoms with E-state index in [9.17, 15) is 4.79 Å². The molecule has 0 N–H and O–H groups in total. The van der Waals surface area contributed by atoms with Gasteiger partial charge in [-0.2, -0.15) is 0 Å². The quantitative estimate of drug-likeness (QED) is 0.661. The number of hydrogen-bond donors (Lipinski definition) is 0. The monoisotopic (exact) mass is 391 g/mol. The van der Waals surface area contributed by atoms with Crippen molar-refractivity contribution in [2.24, 2.45) is 11.8 Å². The van der Waals surface area contributed by atoms with Crippen LogP contribution in [0.4, 0.5) is 0 Å². The van der Waals surface area contributed by atoms with Crippen molar-refractivity contribution in [3.63, 3.8) is 0 Å². The smallest absolute Gasteiger partial charge is 0.162 e. The summed E-state index contributed by atoms with van der Waals surface area (Å²) in [5, 5.41) is 0. The summed E-state index contributed by atoms with van der Waals surface area (Å²) in [5.74, 6) is 1.53. The molecule has 3 rings (SSSR count). The minimum atomic E-state index is 0. The molecule has 3 nitrogen and oxygen atoms in total. The lowest BCUT2D eigenvalue weighted by Crippen LogP contribution is -2.40. The van der Waals surface area contributed by atoms with Gasteiger partial charge in [-0.3, -0.25) is 9.69 Å². The summed E-state index contributed by atoms with van der Waals surface area (Å²) >= 11 is 0. The van der Waals surface area contributed by atoms with Crippen LogP contribution in [-0.4, -0.2) is 43.5 Å². The Morgan fingerprint density at radius 2 is 1.81 bits per heavy atom. The molecule has 1 aromatic carbocycles. The summed E-state index contributed by atoms with van der Waals surface area (Å²) in [6.07, 6.45) is 5.27. The Labute approximate surface area is 170 Å². The van der Waals surface area contributed by atoms with Crippen molar-refractivity contribution in [2.75, 3.05) is 32.8 Å². The molecule has 27 heavy (non-hydrogen) atoms. The molecule has 0 spiro atoms. The van der Waals surface area contributed by atoms with Crippen LogP contribution in [0.15, 0.2) is 35.9 Å². The number of morpholine rings is 1. The number of rotatable bonds is 6. The molecule has 1 heterocycles. The molecular formula is C23H34ClNO2. The fourth-order valence-corrected chi connectivity index (χ4v) is 4.11. The van der Waals surface area contributed by atoms with Crippen LogP contribution in [0.5, 0.6) is 0 Å². The zero-order chi connectivity index (χ0) is 18.5. The molecule has 2 unspecified atom stereocenters. The highest BCUT2D eigenvalue weighted by molar-refractivity contribution is 5.99. The van der Waals surface area contributed by atoms with Gasteiger partial charge in [0.25, 0.3) is 0 Å². The first-order valence-electron chi connectivity index (χ1n) is 10.2. The van der Waals surface area contributed by atoms with E-state index in [1.807, 2.05) is 0 Å². The van der Waals surface area contributed by atoms with Gasteiger partial charge in [-0.25, -0.2) is 0 Å². The summed E-state index contributed by atoms with van der Waals surface area (Å²) in [6.45, 7) is 11.1. The predicted octanol–water partition coefficient (Wildman–Crippen LogP) is 4.65. The molecule has 1 saturated carbocycles. The third kappa shape index (κ3) is 6.17. The molecule has 1 aromatic rings. The fraction of sp³-hybridized carbons (Fsp3) is 0.609. The molecule has 2 fully saturated rings. The average Bonchev–Trinajstić information content (AvgIpc) is 2.96. The Morgan fingerprint density at radius 1 is 1.15 bits per heavy atom.